The van der Waals surface area contributed by atoms with E-state index in [2.05, 4.69) is 15.2 Å². The van der Waals surface area contributed by atoms with Crippen molar-refractivity contribution in [3.8, 4) is 10.6 Å². The third-order valence-corrected chi connectivity index (χ3v) is 6.40. The lowest BCUT2D eigenvalue weighted by Gasteiger charge is -2.44. The highest BCUT2D eigenvalue weighted by Crippen LogP contribution is 2.31. The van der Waals surface area contributed by atoms with Crippen LogP contribution in [0.3, 0.4) is 0 Å². The molecule has 3 fully saturated rings. The third kappa shape index (κ3) is 3.99. The van der Waals surface area contributed by atoms with Gasteiger partial charge in [-0.1, -0.05) is 0 Å². The largest absolute Gasteiger partial charge is 0.445 e. The van der Waals surface area contributed by atoms with E-state index in [0.29, 0.717) is 5.92 Å². The Bertz CT molecular complexity index is 813. The lowest BCUT2D eigenvalue weighted by Crippen LogP contribution is -2.53. The van der Waals surface area contributed by atoms with E-state index in [1.165, 1.54) is 23.5 Å². The van der Waals surface area contributed by atoms with Crippen molar-refractivity contribution in [2.24, 2.45) is 5.92 Å². The van der Waals surface area contributed by atoms with Crippen LogP contribution >= 0.6 is 11.3 Å². The van der Waals surface area contributed by atoms with E-state index in [1.54, 1.807) is 12.1 Å². The number of hydrogen-bond acceptors (Lipinski definition) is 5. The number of alkyl carbamates (subject to hydrolysis) is 1. The Labute approximate surface area is 162 Å². The highest BCUT2D eigenvalue weighted by molar-refractivity contribution is 7.13. The molecule has 1 aromatic carbocycles. The third-order valence-electron chi connectivity index (χ3n) is 5.50. The number of halogens is 1. The van der Waals surface area contributed by atoms with E-state index in [4.69, 9.17) is 4.74 Å². The fraction of sp³-hybridized carbons (Fsp3) is 0.500. The molecule has 2 bridgehead atoms. The van der Waals surface area contributed by atoms with Gasteiger partial charge in [0.1, 0.15) is 16.9 Å². The van der Waals surface area contributed by atoms with Gasteiger partial charge in [0.2, 0.25) is 0 Å². The van der Waals surface area contributed by atoms with E-state index >= 15 is 0 Å². The molecule has 3 saturated heterocycles. The molecule has 0 saturated carbocycles. The summed E-state index contributed by atoms with van der Waals surface area (Å²) in [5.74, 6) is 0.209. The second-order valence-corrected chi connectivity index (χ2v) is 8.73. The molecule has 27 heavy (non-hydrogen) atoms. The van der Waals surface area contributed by atoms with Gasteiger partial charge in [0.25, 0.3) is 0 Å². The van der Waals surface area contributed by atoms with Crippen LogP contribution in [0.25, 0.3) is 10.6 Å². The molecule has 5 nitrogen and oxygen atoms in total. The number of nitrogens with one attached hydrogen (secondary N) is 1. The minimum Gasteiger partial charge on any atom is -0.445 e. The summed E-state index contributed by atoms with van der Waals surface area (Å²) in [7, 11) is 0. The number of ether oxygens (including phenoxy) is 1. The van der Waals surface area contributed by atoms with Crippen molar-refractivity contribution in [1.29, 1.82) is 0 Å². The standard InChI is InChI=1S/C20H24FN3O2S/c1-20(2,17-12-27-18(22-17)14-3-5-15(21)6-4-14)23-19(25)26-16-11-24-9-7-13(16)8-10-24/h3-6,12-13,16H,7-11H2,1-2H3,(H,23,25). The van der Waals surface area contributed by atoms with Gasteiger partial charge in [0.05, 0.1) is 11.2 Å². The second-order valence-electron chi connectivity index (χ2n) is 7.88. The number of hydrogen-bond donors (Lipinski definition) is 1. The topological polar surface area (TPSA) is 54.5 Å². The summed E-state index contributed by atoms with van der Waals surface area (Å²) in [5.41, 5.74) is 0.968. The fourth-order valence-corrected chi connectivity index (χ4v) is 4.81. The molecule has 1 N–H and O–H groups in total. The minimum atomic E-state index is -0.653. The Kier molecular flexibility index (Phi) is 4.90. The summed E-state index contributed by atoms with van der Waals surface area (Å²) in [6, 6.07) is 6.26. The number of fused-ring (bicyclic) bond motifs is 3. The summed E-state index contributed by atoms with van der Waals surface area (Å²) >= 11 is 1.48. The number of aromatic nitrogens is 1. The molecule has 0 spiro atoms. The summed E-state index contributed by atoms with van der Waals surface area (Å²) in [6.45, 7) is 6.89. The van der Waals surface area contributed by atoms with Gasteiger partial charge in [-0.3, -0.25) is 4.90 Å². The Morgan fingerprint density at radius 3 is 2.63 bits per heavy atom. The average molecular weight is 389 g/mol. The molecule has 3 aliphatic heterocycles. The van der Waals surface area contributed by atoms with Crippen LogP contribution in [0.15, 0.2) is 29.6 Å². The van der Waals surface area contributed by atoms with Crippen molar-refractivity contribution in [3.05, 3.63) is 41.2 Å². The Balaban J connectivity index is 1.41. The van der Waals surface area contributed by atoms with Crippen molar-refractivity contribution in [1.82, 2.24) is 15.2 Å². The number of rotatable bonds is 4. The predicted octanol–water partition coefficient (Wildman–Crippen LogP) is 4.00. The van der Waals surface area contributed by atoms with Crippen molar-refractivity contribution in [2.45, 2.75) is 38.3 Å². The number of amides is 1. The van der Waals surface area contributed by atoms with Gasteiger partial charge in [0.15, 0.2) is 0 Å². The van der Waals surface area contributed by atoms with E-state index in [0.717, 1.165) is 48.7 Å². The van der Waals surface area contributed by atoms with E-state index in [1.807, 2.05) is 19.2 Å². The maximum atomic E-state index is 13.1. The van der Waals surface area contributed by atoms with Crippen LogP contribution in [-0.4, -0.2) is 41.7 Å². The summed E-state index contributed by atoms with van der Waals surface area (Å²) in [5, 5.41) is 5.68. The quantitative estimate of drug-likeness (QED) is 0.859. The zero-order valence-corrected chi connectivity index (χ0v) is 16.4. The average Bonchev–Trinajstić information content (AvgIpc) is 3.14. The first-order chi connectivity index (χ1) is 12.9. The molecule has 144 valence electrons. The molecule has 0 aliphatic carbocycles. The Morgan fingerprint density at radius 1 is 1.30 bits per heavy atom. The summed E-state index contributed by atoms with van der Waals surface area (Å²) in [4.78, 5) is 19.5. The summed E-state index contributed by atoms with van der Waals surface area (Å²) < 4.78 is 18.8. The number of nitrogens with zero attached hydrogens (tertiary/aromatic N) is 2. The van der Waals surface area contributed by atoms with Crippen molar-refractivity contribution in [2.75, 3.05) is 19.6 Å². The molecule has 7 heteroatoms. The molecular weight excluding hydrogens is 365 g/mol. The first kappa shape index (κ1) is 18.4. The van der Waals surface area contributed by atoms with Gasteiger partial charge in [-0.2, -0.15) is 0 Å². The van der Waals surface area contributed by atoms with Crippen LogP contribution in [-0.2, 0) is 10.3 Å². The van der Waals surface area contributed by atoms with Crippen molar-refractivity contribution in [3.63, 3.8) is 0 Å². The van der Waals surface area contributed by atoms with Crippen LogP contribution in [0.5, 0.6) is 0 Å². The van der Waals surface area contributed by atoms with Gasteiger partial charge in [0, 0.05) is 17.5 Å². The van der Waals surface area contributed by atoms with Crippen LogP contribution in [0, 0.1) is 11.7 Å². The van der Waals surface area contributed by atoms with Crippen LogP contribution in [0.4, 0.5) is 9.18 Å². The zero-order chi connectivity index (χ0) is 19.0. The van der Waals surface area contributed by atoms with Crippen molar-refractivity contribution >= 4 is 17.4 Å². The maximum absolute atomic E-state index is 13.1. The number of carbonyl (C=O) groups is 1. The number of thiazole rings is 1. The molecule has 4 heterocycles. The van der Waals surface area contributed by atoms with E-state index in [9.17, 15) is 9.18 Å². The van der Waals surface area contributed by atoms with Crippen LogP contribution < -0.4 is 5.32 Å². The number of benzene rings is 1. The van der Waals surface area contributed by atoms with Crippen molar-refractivity contribution < 1.29 is 13.9 Å². The SMILES string of the molecule is CC(C)(NC(=O)OC1CN2CCC1CC2)c1csc(-c2ccc(F)cc2)n1. The smallest absolute Gasteiger partial charge is 0.408 e. The molecular formula is C20H24FN3O2S. The molecule has 2 aromatic rings. The number of carbonyl (C=O) groups excluding carboxylic acids is 1. The number of piperidine rings is 3. The van der Waals surface area contributed by atoms with Gasteiger partial charge >= 0.3 is 6.09 Å². The van der Waals surface area contributed by atoms with E-state index < -0.39 is 11.6 Å². The normalized spacial score (nSPS) is 24.6. The molecule has 0 radical (unpaired) electrons. The van der Waals surface area contributed by atoms with Crippen LogP contribution in [0.2, 0.25) is 0 Å². The fourth-order valence-electron chi connectivity index (χ4n) is 3.82. The highest BCUT2D eigenvalue weighted by Gasteiger charge is 2.37. The van der Waals surface area contributed by atoms with Gasteiger partial charge in [-0.05, 0) is 70.0 Å². The second kappa shape index (κ2) is 7.20. The first-order valence-electron chi connectivity index (χ1n) is 9.34. The van der Waals surface area contributed by atoms with Crippen LogP contribution in [0.1, 0.15) is 32.4 Å². The highest BCUT2D eigenvalue weighted by atomic mass is 32.1. The molecule has 1 unspecified atom stereocenters. The Hall–Kier alpha value is -1.99. The van der Waals surface area contributed by atoms with Gasteiger partial charge in [-0.15, -0.1) is 11.3 Å². The molecule has 1 aromatic heterocycles. The maximum Gasteiger partial charge on any atom is 0.408 e. The molecule has 5 rings (SSSR count). The van der Waals surface area contributed by atoms with Gasteiger partial charge < -0.3 is 10.1 Å². The molecule has 1 atom stereocenters. The Morgan fingerprint density at radius 2 is 2.00 bits per heavy atom. The monoisotopic (exact) mass is 389 g/mol. The molecule has 3 aliphatic rings. The van der Waals surface area contributed by atoms with Gasteiger partial charge in [-0.25, -0.2) is 14.2 Å². The molecule has 1 amide bonds. The predicted molar refractivity (Wildman–Crippen MR) is 103 cm³/mol. The zero-order valence-electron chi connectivity index (χ0n) is 15.6. The minimum absolute atomic E-state index is 0.0199. The summed E-state index contributed by atoms with van der Waals surface area (Å²) in [6.07, 6.45) is 1.80. The van der Waals surface area contributed by atoms with E-state index in [-0.39, 0.29) is 11.9 Å². The lowest BCUT2D eigenvalue weighted by atomic mass is 9.86. The lowest BCUT2D eigenvalue weighted by molar-refractivity contribution is -0.0350. The first-order valence-corrected chi connectivity index (χ1v) is 10.2.